The summed E-state index contributed by atoms with van der Waals surface area (Å²) in [5, 5.41) is 24.1. The number of anilines is 1. The number of aliphatic hydroxyl groups is 1. The van der Waals surface area contributed by atoms with E-state index in [1.165, 1.54) is 16.4 Å². The summed E-state index contributed by atoms with van der Waals surface area (Å²) >= 11 is 0. The van der Waals surface area contributed by atoms with Gasteiger partial charge >= 0.3 is 0 Å². The highest BCUT2D eigenvalue weighted by Crippen LogP contribution is 2.32. The minimum atomic E-state index is -3.80. The molecule has 1 aliphatic heterocycles. The Morgan fingerprint density at radius 1 is 1.26 bits per heavy atom. The SMILES string of the molecule is CN1CCN(S(=O)(=O)c2ccc(N[C@H](CO)C(C)(C)C)c([N+](=O)[O-])c2)CC1. The summed E-state index contributed by atoms with van der Waals surface area (Å²) in [5.74, 6) is 0. The Labute approximate surface area is 160 Å². The zero-order valence-corrected chi connectivity index (χ0v) is 17.0. The van der Waals surface area contributed by atoms with Crippen LogP contribution < -0.4 is 5.32 Å². The Bertz CT molecular complexity index is 783. The third-order valence-electron chi connectivity index (χ3n) is 4.82. The van der Waals surface area contributed by atoms with Gasteiger partial charge in [0.05, 0.1) is 22.5 Å². The molecule has 1 saturated heterocycles. The Kier molecular flexibility index (Phi) is 6.46. The minimum absolute atomic E-state index is 0.0967. The van der Waals surface area contributed by atoms with Gasteiger partial charge in [-0.2, -0.15) is 4.31 Å². The van der Waals surface area contributed by atoms with Crippen molar-refractivity contribution in [2.24, 2.45) is 5.41 Å². The summed E-state index contributed by atoms with van der Waals surface area (Å²) in [6, 6.07) is 3.44. The van der Waals surface area contributed by atoms with Gasteiger partial charge in [0.25, 0.3) is 5.69 Å². The van der Waals surface area contributed by atoms with Crippen LogP contribution in [0.1, 0.15) is 20.8 Å². The van der Waals surface area contributed by atoms with Gasteiger partial charge in [-0.1, -0.05) is 20.8 Å². The second kappa shape index (κ2) is 8.09. The molecule has 0 unspecified atom stereocenters. The number of nitrogens with zero attached hydrogens (tertiary/aromatic N) is 3. The van der Waals surface area contributed by atoms with Crippen molar-refractivity contribution < 1.29 is 18.4 Å². The molecule has 0 amide bonds. The molecule has 27 heavy (non-hydrogen) atoms. The van der Waals surface area contributed by atoms with Crippen molar-refractivity contribution in [2.45, 2.75) is 31.7 Å². The fraction of sp³-hybridized carbons (Fsp3) is 0.647. The van der Waals surface area contributed by atoms with Crippen LogP contribution in [0.4, 0.5) is 11.4 Å². The largest absolute Gasteiger partial charge is 0.394 e. The zero-order valence-electron chi connectivity index (χ0n) is 16.2. The van der Waals surface area contributed by atoms with E-state index in [4.69, 9.17) is 0 Å². The number of piperazine rings is 1. The van der Waals surface area contributed by atoms with Gasteiger partial charge in [-0.3, -0.25) is 10.1 Å². The molecule has 1 heterocycles. The molecule has 1 atom stereocenters. The summed E-state index contributed by atoms with van der Waals surface area (Å²) in [5.41, 5.74) is -0.480. The molecule has 0 bridgehead atoms. The molecule has 1 aromatic rings. The molecule has 0 spiro atoms. The highest BCUT2D eigenvalue weighted by atomic mass is 32.2. The maximum absolute atomic E-state index is 12.8. The lowest BCUT2D eigenvalue weighted by Crippen LogP contribution is -2.47. The molecule has 152 valence electrons. The number of nitro benzene ring substituents is 1. The maximum Gasteiger partial charge on any atom is 0.293 e. The van der Waals surface area contributed by atoms with Gasteiger partial charge in [-0.25, -0.2) is 8.42 Å². The van der Waals surface area contributed by atoms with Crippen molar-refractivity contribution in [3.8, 4) is 0 Å². The Hall–Kier alpha value is -1.75. The van der Waals surface area contributed by atoms with Crippen LogP contribution >= 0.6 is 0 Å². The maximum atomic E-state index is 12.8. The molecule has 1 aliphatic rings. The standard InChI is InChI=1S/C17H28N4O5S/c1-17(2,3)16(12-22)18-14-6-5-13(11-15(14)21(23)24)27(25,26)20-9-7-19(4)8-10-20/h5-6,11,16,18,22H,7-10,12H2,1-4H3/t16-/m1/s1. The van der Waals surface area contributed by atoms with Gasteiger partial charge in [-0.05, 0) is 24.6 Å². The van der Waals surface area contributed by atoms with Gasteiger partial charge in [0.15, 0.2) is 0 Å². The molecule has 1 aromatic carbocycles. The first-order chi connectivity index (χ1) is 12.5. The molecule has 9 nitrogen and oxygen atoms in total. The summed E-state index contributed by atoms with van der Waals surface area (Å²) in [6.45, 7) is 7.43. The van der Waals surface area contributed by atoms with E-state index in [1.54, 1.807) is 0 Å². The smallest absolute Gasteiger partial charge is 0.293 e. The number of hydrogen-bond acceptors (Lipinski definition) is 7. The Balaban J connectivity index is 2.36. The first-order valence-corrected chi connectivity index (χ1v) is 10.3. The van der Waals surface area contributed by atoms with Crippen molar-refractivity contribution in [1.29, 1.82) is 0 Å². The van der Waals surface area contributed by atoms with Gasteiger partial charge in [0, 0.05) is 32.2 Å². The van der Waals surface area contributed by atoms with Crippen LogP contribution in [0.15, 0.2) is 23.1 Å². The van der Waals surface area contributed by atoms with Crippen LogP contribution in [-0.4, -0.2) is 73.5 Å². The molecule has 2 N–H and O–H groups in total. The van der Waals surface area contributed by atoms with Gasteiger partial charge in [-0.15, -0.1) is 0 Å². The van der Waals surface area contributed by atoms with E-state index in [-0.39, 0.29) is 28.3 Å². The number of likely N-dealkylation sites (N-methyl/N-ethyl adjacent to an activating group) is 1. The Morgan fingerprint density at radius 3 is 2.33 bits per heavy atom. The summed E-state index contributed by atoms with van der Waals surface area (Å²) in [7, 11) is -1.88. The average Bonchev–Trinajstić information content (AvgIpc) is 2.58. The minimum Gasteiger partial charge on any atom is -0.394 e. The van der Waals surface area contributed by atoms with Crippen molar-refractivity contribution >= 4 is 21.4 Å². The molecule has 0 saturated carbocycles. The third kappa shape index (κ3) is 4.95. The van der Waals surface area contributed by atoms with Crippen LogP contribution in [-0.2, 0) is 10.0 Å². The number of nitrogens with one attached hydrogen (secondary N) is 1. The molecular formula is C17H28N4O5S. The number of nitro groups is 1. The van der Waals surface area contributed by atoms with Crippen LogP contribution in [0.5, 0.6) is 0 Å². The topological polar surface area (TPSA) is 116 Å². The van der Waals surface area contributed by atoms with Crippen molar-refractivity contribution in [3.63, 3.8) is 0 Å². The van der Waals surface area contributed by atoms with Crippen molar-refractivity contribution in [2.75, 3.05) is 45.2 Å². The summed E-state index contributed by atoms with van der Waals surface area (Å²) < 4.78 is 27.0. The normalized spacial score (nSPS) is 18.3. The van der Waals surface area contributed by atoms with Crippen LogP contribution in [0.2, 0.25) is 0 Å². The number of aliphatic hydroxyl groups excluding tert-OH is 1. The monoisotopic (exact) mass is 400 g/mol. The predicted molar refractivity (Wildman–Crippen MR) is 103 cm³/mol. The van der Waals surface area contributed by atoms with E-state index in [1.807, 2.05) is 32.7 Å². The summed E-state index contributed by atoms with van der Waals surface area (Å²) in [4.78, 5) is 12.9. The van der Waals surface area contributed by atoms with E-state index in [2.05, 4.69) is 5.32 Å². The van der Waals surface area contributed by atoms with Gasteiger partial charge in [0.2, 0.25) is 10.0 Å². The first kappa shape index (κ1) is 21.5. The predicted octanol–water partition coefficient (Wildman–Crippen LogP) is 1.35. The van der Waals surface area contributed by atoms with Crippen LogP contribution in [0, 0.1) is 15.5 Å². The van der Waals surface area contributed by atoms with Crippen LogP contribution in [0.25, 0.3) is 0 Å². The van der Waals surface area contributed by atoms with E-state index >= 15 is 0 Å². The van der Waals surface area contributed by atoms with Gasteiger partial charge in [0.1, 0.15) is 5.69 Å². The van der Waals surface area contributed by atoms with E-state index in [0.29, 0.717) is 26.2 Å². The third-order valence-corrected chi connectivity index (χ3v) is 6.72. The molecular weight excluding hydrogens is 372 g/mol. The lowest BCUT2D eigenvalue weighted by atomic mass is 9.87. The first-order valence-electron chi connectivity index (χ1n) is 8.81. The molecule has 2 rings (SSSR count). The van der Waals surface area contributed by atoms with Gasteiger partial charge < -0.3 is 15.3 Å². The summed E-state index contributed by atoms with van der Waals surface area (Å²) in [6.07, 6.45) is 0. The van der Waals surface area contributed by atoms with Crippen molar-refractivity contribution in [3.05, 3.63) is 28.3 Å². The van der Waals surface area contributed by atoms with Crippen molar-refractivity contribution in [1.82, 2.24) is 9.21 Å². The highest BCUT2D eigenvalue weighted by Gasteiger charge is 2.31. The number of benzene rings is 1. The molecule has 0 aromatic heterocycles. The Morgan fingerprint density at radius 2 is 1.85 bits per heavy atom. The van der Waals surface area contributed by atoms with Crippen LogP contribution in [0.3, 0.4) is 0 Å². The zero-order chi connectivity index (χ0) is 20.4. The average molecular weight is 401 g/mol. The molecule has 0 radical (unpaired) electrons. The molecule has 1 fully saturated rings. The van der Waals surface area contributed by atoms with E-state index < -0.39 is 21.0 Å². The van der Waals surface area contributed by atoms with E-state index in [0.717, 1.165) is 6.07 Å². The fourth-order valence-corrected chi connectivity index (χ4v) is 4.29. The fourth-order valence-electron chi connectivity index (χ4n) is 2.85. The lowest BCUT2D eigenvalue weighted by Gasteiger charge is -2.32. The quantitative estimate of drug-likeness (QED) is 0.547. The highest BCUT2D eigenvalue weighted by molar-refractivity contribution is 7.89. The molecule has 0 aliphatic carbocycles. The lowest BCUT2D eigenvalue weighted by molar-refractivity contribution is -0.384. The number of sulfonamides is 1. The number of rotatable bonds is 6. The van der Waals surface area contributed by atoms with E-state index in [9.17, 15) is 23.6 Å². The second-order valence-electron chi connectivity index (χ2n) is 7.89. The molecule has 10 heteroatoms. The number of hydrogen-bond donors (Lipinski definition) is 2. The second-order valence-corrected chi connectivity index (χ2v) is 9.83.